The highest BCUT2D eigenvalue weighted by Crippen LogP contribution is 2.17. The summed E-state index contributed by atoms with van der Waals surface area (Å²) in [4.78, 5) is 11.8. The van der Waals surface area contributed by atoms with Gasteiger partial charge >= 0.3 is 0 Å². The summed E-state index contributed by atoms with van der Waals surface area (Å²) in [5.41, 5.74) is 0.343. The van der Waals surface area contributed by atoms with Crippen molar-refractivity contribution < 1.29 is 9.18 Å². The van der Waals surface area contributed by atoms with Crippen LogP contribution in [0.25, 0.3) is 0 Å². The monoisotopic (exact) mass is 379 g/mol. The Labute approximate surface area is 124 Å². The fourth-order valence-corrected chi connectivity index (χ4v) is 2.36. The van der Waals surface area contributed by atoms with E-state index in [2.05, 4.69) is 37.2 Å². The second-order valence-corrected chi connectivity index (χ2v) is 5.63. The van der Waals surface area contributed by atoms with Crippen LogP contribution in [0.2, 0.25) is 0 Å². The van der Waals surface area contributed by atoms with Gasteiger partial charge in [-0.05, 0) is 47.0 Å². The molecule has 0 saturated heterocycles. The minimum atomic E-state index is -0.402. The SMILES string of the molecule is O=C(NCCCCCCBr)c1cc(F)ccc1Br. The van der Waals surface area contributed by atoms with Crippen LogP contribution in [-0.2, 0) is 0 Å². The first-order chi connectivity index (χ1) is 8.65. The molecule has 0 aliphatic carbocycles. The molecular weight excluding hydrogens is 365 g/mol. The molecule has 5 heteroatoms. The molecule has 1 N–H and O–H groups in total. The Hall–Kier alpha value is -0.420. The molecule has 0 bridgehead atoms. The largest absolute Gasteiger partial charge is 0.352 e. The van der Waals surface area contributed by atoms with E-state index in [9.17, 15) is 9.18 Å². The first kappa shape index (κ1) is 15.6. The predicted octanol–water partition coefficient (Wildman–Crippen LogP) is 4.27. The number of benzene rings is 1. The van der Waals surface area contributed by atoms with Gasteiger partial charge in [0.1, 0.15) is 5.82 Å². The van der Waals surface area contributed by atoms with Crippen molar-refractivity contribution in [2.45, 2.75) is 25.7 Å². The van der Waals surface area contributed by atoms with Gasteiger partial charge in [0.25, 0.3) is 5.91 Å². The Morgan fingerprint density at radius 2 is 1.94 bits per heavy atom. The molecule has 1 aromatic carbocycles. The standard InChI is InChI=1S/C13H16Br2FNO/c14-7-3-1-2-4-8-17-13(18)11-9-10(16)5-6-12(11)15/h5-6,9H,1-4,7-8H2,(H,17,18). The molecule has 0 spiro atoms. The quantitative estimate of drug-likeness (QED) is 0.555. The Bertz CT molecular complexity index is 399. The van der Waals surface area contributed by atoms with E-state index in [0.717, 1.165) is 31.0 Å². The van der Waals surface area contributed by atoms with Crippen LogP contribution >= 0.6 is 31.9 Å². The number of halogens is 3. The molecule has 18 heavy (non-hydrogen) atoms. The van der Waals surface area contributed by atoms with Crippen molar-refractivity contribution in [1.29, 1.82) is 0 Å². The lowest BCUT2D eigenvalue weighted by molar-refractivity contribution is 0.0951. The number of hydrogen-bond donors (Lipinski definition) is 1. The smallest absolute Gasteiger partial charge is 0.252 e. The summed E-state index contributed by atoms with van der Waals surface area (Å²) in [6.07, 6.45) is 4.36. The summed E-state index contributed by atoms with van der Waals surface area (Å²) in [6, 6.07) is 4.10. The van der Waals surface area contributed by atoms with Crippen molar-refractivity contribution in [2.75, 3.05) is 11.9 Å². The van der Waals surface area contributed by atoms with Crippen LogP contribution in [0.3, 0.4) is 0 Å². The van der Waals surface area contributed by atoms with E-state index in [0.29, 0.717) is 16.6 Å². The molecule has 0 aliphatic rings. The van der Waals surface area contributed by atoms with Crippen molar-refractivity contribution in [1.82, 2.24) is 5.32 Å². The molecule has 0 atom stereocenters. The van der Waals surface area contributed by atoms with Crippen LogP contribution in [0.1, 0.15) is 36.0 Å². The Morgan fingerprint density at radius 1 is 1.22 bits per heavy atom. The van der Waals surface area contributed by atoms with Crippen LogP contribution < -0.4 is 5.32 Å². The number of alkyl halides is 1. The fraction of sp³-hybridized carbons (Fsp3) is 0.462. The molecule has 0 heterocycles. The second kappa shape index (κ2) is 8.64. The lowest BCUT2D eigenvalue weighted by atomic mass is 10.2. The van der Waals surface area contributed by atoms with E-state index >= 15 is 0 Å². The Kier molecular flexibility index (Phi) is 7.51. The zero-order valence-corrected chi connectivity index (χ0v) is 13.2. The zero-order chi connectivity index (χ0) is 13.4. The highest BCUT2D eigenvalue weighted by Gasteiger charge is 2.10. The van der Waals surface area contributed by atoms with Crippen molar-refractivity contribution in [3.63, 3.8) is 0 Å². The number of rotatable bonds is 7. The molecule has 1 rings (SSSR count). The van der Waals surface area contributed by atoms with Gasteiger partial charge in [0.15, 0.2) is 0 Å². The Balaban J connectivity index is 2.34. The molecule has 0 aromatic heterocycles. The summed E-state index contributed by atoms with van der Waals surface area (Å²) in [6.45, 7) is 0.629. The molecule has 0 aliphatic heterocycles. The third-order valence-corrected chi connectivity index (χ3v) is 3.77. The number of carbonyl (C=O) groups excluding carboxylic acids is 1. The molecule has 0 fully saturated rings. The van der Waals surface area contributed by atoms with Gasteiger partial charge in [0.05, 0.1) is 5.56 Å². The summed E-state index contributed by atoms with van der Waals surface area (Å²) < 4.78 is 13.6. The molecule has 100 valence electrons. The Morgan fingerprint density at radius 3 is 2.67 bits per heavy atom. The van der Waals surface area contributed by atoms with Crippen molar-refractivity contribution >= 4 is 37.8 Å². The zero-order valence-electron chi connectivity index (χ0n) is 10.0. The van der Waals surface area contributed by atoms with E-state index in [-0.39, 0.29) is 5.91 Å². The van der Waals surface area contributed by atoms with Gasteiger partial charge in [0.2, 0.25) is 0 Å². The van der Waals surface area contributed by atoms with Crippen LogP contribution in [0.4, 0.5) is 4.39 Å². The van der Waals surface area contributed by atoms with Crippen molar-refractivity contribution in [3.8, 4) is 0 Å². The van der Waals surface area contributed by atoms with E-state index in [1.54, 1.807) is 6.07 Å². The number of nitrogens with one attached hydrogen (secondary N) is 1. The van der Waals surface area contributed by atoms with Crippen molar-refractivity contribution in [2.24, 2.45) is 0 Å². The number of carbonyl (C=O) groups is 1. The van der Waals surface area contributed by atoms with Gasteiger partial charge in [-0.2, -0.15) is 0 Å². The molecule has 0 saturated carbocycles. The van der Waals surface area contributed by atoms with Crippen LogP contribution in [0.5, 0.6) is 0 Å². The van der Waals surface area contributed by atoms with Gasteiger partial charge in [-0.1, -0.05) is 28.8 Å². The highest BCUT2D eigenvalue weighted by molar-refractivity contribution is 9.10. The normalized spacial score (nSPS) is 10.4. The van der Waals surface area contributed by atoms with Gasteiger partial charge in [0, 0.05) is 16.3 Å². The van der Waals surface area contributed by atoms with E-state index < -0.39 is 5.82 Å². The second-order valence-electron chi connectivity index (χ2n) is 3.98. The van der Waals surface area contributed by atoms with Gasteiger partial charge < -0.3 is 5.32 Å². The number of unbranched alkanes of at least 4 members (excludes halogenated alkanes) is 3. The molecular formula is C13H16Br2FNO. The third-order valence-electron chi connectivity index (χ3n) is 2.52. The van der Waals surface area contributed by atoms with Gasteiger partial charge in [-0.25, -0.2) is 4.39 Å². The van der Waals surface area contributed by atoms with Crippen LogP contribution in [-0.4, -0.2) is 17.8 Å². The minimum Gasteiger partial charge on any atom is -0.352 e. The van der Waals surface area contributed by atoms with E-state index in [1.165, 1.54) is 12.1 Å². The topological polar surface area (TPSA) is 29.1 Å². The highest BCUT2D eigenvalue weighted by atomic mass is 79.9. The first-order valence-corrected chi connectivity index (χ1v) is 7.86. The third kappa shape index (κ3) is 5.48. The van der Waals surface area contributed by atoms with E-state index in [4.69, 9.17) is 0 Å². The average Bonchev–Trinajstić information content (AvgIpc) is 2.36. The number of amides is 1. The lowest BCUT2D eigenvalue weighted by Crippen LogP contribution is -2.24. The van der Waals surface area contributed by atoms with Crippen LogP contribution in [0.15, 0.2) is 22.7 Å². The maximum Gasteiger partial charge on any atom is 0.252 e. The van der Waals surface area contributed by atoms with Crippen LogP contribution in [0, 0.1) is 5.82 Å². The number of hydrogen-bond acceptors (Lipinski definition) is 1. The molecule has 2 nitrogen and oxygen atoms in total. The lowest BCUT2D eigenvalue weighted by Gasteiger charge is -2.06. The maximum atomic E-state index is 13.0. The fourth-order valence-electron chi connectivity index (χ4n) is 1.54. The first-order valence-electron chi connectivity index (χ1n) is 5.94. The van der Waals surface area contributed by atoms with Gasteiger partial charge in [-0.3, -0.25) is 4.79 Å². The molecule has 1 amide bonds. The maximum absolute atomic E-state index is 13.0. The summed E-state index contributed by atoms with van der Waals surface area (Å²) in [5.74, 6) is -0.637. The summed E-state index contributed by atoms with van der Waals surface area (Å²) in [7, 11) is 0. The average molecular weight is 381 g/mol. The molecule has 0 unspecified atom stereocenters. The van der Waals surface area contributed by atoms with Crippen molar-refractivity contribution in [3.05, 3.63) is 34.1 Å². The predicted molar refractivity (Wildman–Crippen MR) is 78.7 cm³/mol. The van der Waals surface area contributed by atoms with Gasteiger partial charge in [-0.15, -0.1) is 0 Å². The summed E-state index contributed by atoms with van der Waals surface area (Å²) >= 11 is 6.62. The molecule has 1 aromatic rings. The molecule has 0 radical (unpaired) electrons. The summed E-state index contributed by atoms with van der Waals surface area (Å²) in [5, 5.41) is 3.82. The van der Waals surface area contributed by atoms with E-state index in [1.807, 2.05) is 0 Å². The minimum absolute atomic E-state index is 0.234.